The number of hydrogen-bond acceptors (Lipinski definition) is 3. The third kappa shape index (κ3) is 2.72. The molecule has 3 nitrogen and oxygen atoms in total. The molecule has 2 bridgehead atoms. The van der Waals surface area contributed by atoms with Crippen LogP contribution >= 0.6 is 11.6 Å². The van der Waals surface area contributed by atoms with Crippen molar-refractivity contribution in [2.45, 2.75) is 38.0 Å². The molecule has 4 atom stereocenters. The molecule has 0 aliphatic carbocycles. The maximum absolute atomic E-state index is 6.51. The highest BCUT2D eigenvalue weighted by molar-refractivity contribution is 6.31. The van der Waals surface area contributed by atoms with E-state index in [1.165, 1.54) is 24.9 Å². The summed E-state index contributed by atoms with van der Waals surface area (Å²) in [4.78, 5) is 4.90. The Morgan fingerprint density at radius 3 is 2.96 bits per heavy atom. The lowest BCUT2D eigenvalue weighted by Crippen LogP contribution is -2.40. The number of benzene rings is 1. The van der Waals surface area contributed by atoms with Gasteiger partial charge in [-0.1, -0.05) is 23.7 Å². The van der Waals surface area contributed by atoms with Crippen LogP contribution in [0.15, 0.2) is 18.2 Å². The highest BCUT2D eigenvalue weighted by Gasteiger charge is 2.62. The van der Waals surface area contributed by atoms with Crippen molar-refractivity contribution in [1.82, 2.24) is 9.80 Å². The number of rotatable bonds is 4. The molecule has 1 spiro atoms. The number of nitrogens with zero attached hydrogens (tertiary/aromatic N) is 2. The summed E-state index contributed by atoms with van der Waals surface area (Å²) in [6.45, 7) is 6.45. The van der Waals surface area contributed by atoms with Gasteiger partial charge in [-0.25, -0.2) is 0 Å². The van der Waals surface area contributed by atoms with E-state index in [-0.39, 0.29) is 5.60 Å². The Morgan fingerprint density at radius 2 is 2.22 bits per heavy atom. The summed E-state index contributed by atoms with van der Waals surface area (Å²) in [5, 5.41) is 0.878. The van der Waals surface area contributed by atoms with Crippen LogP contribution in [-0.2, 0) is 11.3 Å². The molecule has 1 aromatic rings. The molecule has 4 rings (SSSR count). The van der Waals surface area contributed by atoms with Crippen LogP contribution in [0, 0.1) is 18.8 Å². The number of likely N-dealkylation sites (tertiary alicyclic amines) is 1. The molecule has 0 radical (unpaired) electrons. The lowest BCUT2D eigenvalue weighted by Gasteiger charge is -2.31. The largest absolute Gasteiger partial charge is 0.370 e. The second-order valence-electron chi connectivity index (χ2n) is 8.05. The normalized spacial score (nSPS) is 36.1. The minimum atomic E-state index is 0.139. The monoisotopic (exact) mass is 334 g/mol. The molecule has 0 unspecified atom stereocenters. The van der Waals surface area contributed by atoms with Crippen molar-refractivity contribution in [2.75, 3.05) is 33.7 Å². The Bertz CT molecular complexity index is 605. The first kappa shape index (κ1) is 15.9. The summed E-state index contributed by atoms with van der Waals surface area (Å²) in [6.07, 6.45) is 3.00. The fourth-order valence-corrected chi connectivity index (χ4v) is 5.27. The lowest BCUT2D eigenvalue weighted by atomic mass is 9.73. The van der Waals surface area contributed by atoms with Crippen LogP contribution in [0.25, 0.3) is 0 Å². The van der Waals surface area contributed by atoms with E-state index in [0.29, 0.717) is 17.9 Å². The number of halogens is 1. The summed E-state index contributed by atoms with van der Waals surface area (Å²) in [5.74, 6) is 1.40. The molecule has 0 N–H and O–H groups in total. The Balaban J connectivity index is 1.48. The van der Waals surface area contributed by atoms with Crippen LogP contribution in [0.2, 0.25) is 5.02 Å². The van der Waals surface area contributed by atoms with Gasteiger partial charge in [0.05, 0.1) is 11.7 Å². The predicted molar refractivity (Wildman–Crippen MR) is 93.8 cm³/mol. The molecule has 3 saturated heterocycles. The summed E-state index contributed by atoms with van der Waals surface area (Å²) in [5.41, 5.74) is 2.61. The lowest BCUT2D eigenvalue weighted by molar-refractivity contribution is 0.00145. The molecular weight excluding hydrogens is 308 g/mol. The van der Waals surface area contributed by atoms with Gasteiger partial charge in [0, 0.05) is 43.0 Å². The second-order valence-corrected chi connectivity index (χ2v) is 8.45. The molecule has 23 heavy (non-hydrogen) atoms. The summed E-state index contributed by atoms with van der Waals surface area (Å²) in [7, 11) is 4.36. The molecule has 126 valence electrons. The zero-order valence-corrected chi connectivity index (χ0v) is 15.1. The molecular formula is C19H27ClN2O. The first-order valence-electron chi connectivity index (χ1n) is 8.77. The van der Waals surface area contributed by atoms with E-state index in [1.54, 1.807) is 0 Å². The minimum absolute atomic E-state index is 0.139. The fourth-order valence-electron chi connectivity index (χ4n) is 5.07. The molecule has 3 aliphatic rings. The van der Waals surface area contributed by atoms with Gasteiger partial charge in [0.1, 0.15) is 0 Å². The van der Waals surface area contributed by atoms with Crippen LogP contribution in [-0.4, -0.2) is 55.2 Å². The van der Waals surface area contributed by atoms with E-state index in [4.69, 9.17) is 16.3 Å². The quantitative estimate of drug-likeness (QED) is 0.841. The molecule has 3 heterocycles. The minimum Gasteiger partial charge on any atom is -0.370 e. The van der Waals surface area contributed by atoms with Gasteiger partial charge in [-0.15, -0.1) is 0 Å². The van der Waals surface area contributed by atoms with Crippen LogP contribution in [0.3, 0.4) is 0 Å². The summed E-state index contributed by atoms with van der Waals surface area (Å²) in [6, 6.07) is 6.46. The first-order chi connectivity index (χ1) is 11.0. The van der Waals surface area contributed by atoms with Crippen molar-refractivity contribution in [3.63, 3.8) is 0 Å². The van der Waals surface area contributed by atoms with E-state index in [1.807, 2.05) is 0 Å². The van der Waals surface area contributed by atoms with Gasteiger partial charge in [0.15, 0.2) is 0 Å². The van der Waals surface area contributed by atoms with Crippen molar-refractivity contribution < 1.29 is 4.74 Å². The van der Waals surface area contributed by atoms with Gasteiger partial charge >= 0.3 is 0 Å². The van der Waals surface area contributed by atoms with Gasteiger partial charge in [-0.2, -0.15) is 0 Å². The van der Waals surface area contributed by atoms with Crippen molar-refractivity contribution in [2.24, 2.45) is 11.8 Å². The molecule has 0 amide bonds. The highest BCUT2D eigenvalue weighted by Crippen LogP contribution is 2.55. The maximum atomic E-state index is 6.51. The van der Waals surface area contributed by atoms with Crippen LogP contribution < -0.4 is 0 Å². The van der Waals surface area contributed by atoms with E-state index in [0.717, 1.165) is 30.2 Å². The average Bonchev–Trinajstić information content (AvgIpc) is 3.12. The molecule has 4 heteroatoms. The number of aryl methyl sites for hydroxylation is 1. The molecule has 0 saturated carbocycles. The second kappa shape index (κ2) is 5.73. The average molecular weight is 335 g/mol. The van der Waals surface area contributed by atoms with Gasteiger partial charge in [-0.05, 0) is 51.1 Å². The van der Waals surface area contributed by atoms with Crippen LogP contribution in [0.1, 0.15) is 24.0 Å². The molecule has 1 aromatic carbocycles. The van der Waals surface area contributed by atoms with Crippen molar-refractivity contribution in [3.8, 4) is 0 Å². The van der Waals surface area contributed by atoms with E-state index in [9.17, 15) is 0 Å². The smallest absolute Gasteiger partial charge is 0.0858 e. The Morgan fingerprint density at radius 1 is 1.39 bits per heavy atom. The maximum Gasteiger partial charge on any atom is 0.0858 e. The Labute approximate surface area is 144 Å². The first-order valence-corrected chi connectivity index (χ1v) is 9.14. The third-order valence-electron chi connectivity index (χ3n) is 6.07. The fraction of sp³-hybridized carbons (Fsp3) is 0.684. The van der Waals surface area contributed by atoms with Gasteiger partial charge in [-0.3, -0.25) is 4.90 Å². The highest BCUT2D eigenvalue weighted by atomic mass is 35.5. The van der Waals surface area contributed by atoms with Gasteiger partial charge in [0.2, 0.25) is 0 Å². The SMILES string of the molecule is Cc1ccc(CN2C[C@@H]3[C@H](CN(C)C)[C@H]4CC[C@]3(C2)O4)cc1Cl. The zero-order chi connectivity index (χ0) is 16.2. The summed E-state index contributed by atoms with van der Waals surface area (Å²) < 4.78 is 6.51. The van der Waals surface area contributed by atoms with E-state index in [2.05, 4.69) is 49.0 Å². The molecule has 3 fully saturated rings. The Hall–Kier alpha value is -0.610. The van der Waals surface area contributed by atoms with Gasteiger partial charge < -0.3 is 9.64 Å². The zero-order valence-electron chi connectivity index (χ0n) is 14.4. The van der Waals surface area contributed by atoms with Gasteiger partial charge in [0.25, 0.3) is 0 Å². The van der Waals surface area contributed by atoms with Crippen LogP contribution in [0.5, 0.6) is 0 Å². The van der Waals surface area contributed by atoms with Crippen molar-refractivity contribution >= 4 is 11.6 Å². The third-order valence-corrected chi connectivity index (χ3v) is 6.48. The number of ether oxygens (including phenoxy) is 1. The van der Waals surface area contributed by atoms with E-state index < -0.39 is 0 Å². The predicted octanol–water partition coefficient (Wildman–Crippen LogP) is 3.19. The molecule has 0 aromatic heterocycles. The molecule has 3 aliphatic heterocycles. The van der Waals surface area contributed by atoms with Crippen molar-refractivity contribution in [1.29, 1.82) is 0 Å². The number of fused-ring (bicyclic) bond motifs is 1. The summed E-state index contributed by atoms with van der Waals surface area (Å²) >= 11 is 6.29. The number of hydrogen-bond donors (Lipinski definition) is 0. The van der Waals surface area contributed by atoms with Crippen LogP contribution in [0.4, 0.5) is 0 Å². The van der Waals surface area contributed by atoms with E-state index >= 15 is 0 Å². The van der Waals surface area contributed by atoms with Crippen molar-refractivity contribution in [3.05, 3.63) is 34.3 Å². The Kier molecular flexibility index (Phi) is 3.96. The topological polar surface area (TPSA) is 15.7 Å². The standard InChI is InChI=1S/C19H27ClN2O/c1-13-4-5-14(8-17(13)20)9-22-11-16-15(10-21(2)3)18-6-7-19(16,12-22)23-18/h4-5,8,15-16,18H,6-7,9-12H2,1-3H3/t15-,16+,18+,19+/m0/s1.